The number of amides is 1. The second-order valence-corrected chi connectivity index (χ2v) is 5.98. The molecular weight excluding hydrogens is 274 g/mol. The molecule has 1 heterocycles. The maximum atomic E-state index is 12.3. The summed E-state index contributed by atoms with van der Waals surface area (Å²) >= 11 is 0. The standard InChI is InChI=1S/C18H29N3O/c1-3-5-14-21(4-2)17-8-6-15(7-9-17)18(22)20-16-10-12-19-13-11-16/h6-9,16,19H,3-5,10-14H2,1-2H3,(H,20,22). The number of benzene rings is 1. The maximum Gasteiger partial charge on any atom is 0.251 e. The van der Waals surface area contributed by atoms with E-state index in [1.807, 2.05) is 12.1 Å². The van der Waals surface area contributed by atoms with Gasteiger partial charge in [-0.15, -0.1) is 0 Å². The topological polar surface area (TPSA) is 44.4 Å². The highest BCUT2D eigenvalue weighted by Crippen LogP contribution is 2.16. The first-order valence-corrected chi connectivity index (χ1v) is 8.61. The Morgan fingerprint density at radius 3 is 2.50 bits per heavy atom. The van der Waals surface area contributed by atoms with E-state index in [0.717, 1.165) is 44.6 Å². The Balaban J connectivity index is 1.93. The first kappa shape index (κ1) is 16.8. The molecule has 1 aliphatic rings. The molecule has 1 saturated heterocycles. The van der Waals surface area contributed by atoms with Crippen molar-refractivity contribution < 1.29 is 4.79 Å². The normalized spacial score (nSPS) is 15.5. The molecule has 0 radical (unpaired) electrons. The number of nitrogens with zero attached hydrogens (tertiary/aromatic N) is 1. The van der Waals surface area contributed by atoms with Crippen molar-refractivity contribution in [2.24, 2.45) is 0 Å². The SMILES string of the molecule is CCCCN(CC)c1ccc(C(=O)NC2CCNCC2)cc1. The predicted molar refractivity (Wildman–Crippen MR) is 92.6 cm³/mol. The minimum atomic E-state index is 0.0510. The predicted octanol–water partition coefficient (Wildman–Crippen LogP) is 2.79. The minimum Gasteiger partial charge on any atom is -0.372 e. The van der Waals surface area contributed by atoms with Gasteiger partial charge >= 0.3 is 0 Å². The molecule has 122 valence electrons. The van der Waals surface area contributed by atoms with Crippen LogP contribution in [0.3, 0.4) is 0 Å². The van der Waals surface area contributed by atoms with Gasteiger partial charge in [-0.1, -0.05) is 13.3 Å². The number of anilines is 1. The molecule has 0 aliphatic carbocycles. The van der Waals surface area contributed by atoms with Gasteiger partial charge in [-0.05, 0) is 63.5 Å². The van der Waals surface area contributed by atoms with Gasteiger partial charge in [0, 0.05) is 30.4 Å². The van der Waals surface area contributed by atoms with Gasteiger partial charge in [0.1, 0.15) is 0 Å². The van der Waals surface area contributed by atoms with Crippen LogP contribution in [0.2, 0.25) is 0 Å². The first-order chi connectivity index (χ1) is 10.7. The van der Waals surface area contributed by atoms with Crippen LogP contribution in [0.4, 0.5) is 5.69 Å². The fourth-order valence-electron chi connectivity index (χ4n) is 2.88. The van der Waals surface area contributed by atoms with Gasteiger partial charge in [0.25, 0.3) is 5.91 Å². The number of rotatable bonds is 7. The Labute approximate surface area is 134 Å². The summed E-state index contributed by atoms with van der Waals surface area (Å²) in [6.07, 6.45) is 4.44. The van der Waals surface area contributed by atoms with Gasteiger partial charge in [-0.3, -0.25) is 4.79 Å². The maximum absolute atomic E-state index is 12.3. The summed E-state index contributed by atoms with van der Waals surface area (Å²) in [5.74, 6) is 0.0510. The molecule has 2 rings (SSSR count). The number of carbonyl (C=O) groups is 1. The summed E-state index contributed by atoms with van der Waals surface area (Å²) in [5, 5.41) is 6.45. The van der Waals surface area contributed by atoms with E-state index in [0.29, 0.717) is 6.04 Å². The molecule has 2 N–H and O–H groups in total. The summed E-state index contributed by atoms with van der Waals surface area (Å²) in [6.45, 7) is 8.45. The second-order valence-electron chi connectivity index (χ2n) is 5.98. The zero-order valence-corrected chi connectivity index (χ0v) is 13.9. The molecule has 1 aliphatic heterocycles. The van der Waals surface area contributed by atoms with E-state index in [1.165, 1.54) is 18.5 Å². The fourth-order valence-corrected chi connectivity index (χ4v) is 2.88. The van der Waals surface area contributed by atoms with E-state index in [2.05, 4.69) is 41.5 Å². The molecule has 0 bridgehead atoms. The Morgan fingerprint density at radius 2 is 1.91 bits per heavy atom. The quantitative estimate of drug-likeness (QED) is 0.814. The van der Waals surface area contributed by atoms with E-state index >= 15 is 0 Å². The van der Waals surface area contributed by atoms with Crippen LogP contribution < -0.4 is 15.5 Å². The molecule has 0 spiro atoms. The third kappa shape index (κ3) is 4.73. The fraction of sp³-hybridized carbons (Fsp3) is 0.611. The van der Waals surface area contributed by atoms with Crippen LogP contribution in [0.15, 0.2) is 24.3 Å². The molecule has 4 nitrogen and oxygen atoms in total. The highest BCUT2D eigenvalue weighted by molar-refractivity contribution is 5.94. The molecule has 22 heavy (non-hydrogen) atoms. The smallest absolute Gasteiger partial charge is 0.251 e. The van der Waals surface area contributed by atoms with Crippen molar-refractivity contribution in [2.45, 2.75) is 45.6 Å². The first-order valence-electron chi connectivity index (χ1n) is 8.61. The van der Waals surface area contributed by atoms with Gasteiger partial charge in [-0.25, -0.2) is 0 Å². The number of hydrogen-bond acceptors (Lipinski definition) is 3. The molecule has 4 heteroatoms. The molecule has 0 aromatic heterocycles. The van der Waals surface area contributed by atoms with Crippen molar-refractivity contribution in [3.05, 3.63) is 29.8 Å². The number of hydrogen-bond donors (Lipinski definition) is 2. The lowest BCUT2D eigenvalue weighted by Crippen LogP contribution is -2.42. The zero-order chi connectivity index (χ0) is 15.8. The molecule has 0 atom stereocenters. The third-order valence-corrected chi connectivity index (χ3v) is 4.33. The number of piperidine rings is 1. The van der Waals surface area contributed by atoms with Gasteiger partial charge in [0.15, 0.2) is 0 Å². The molecular formula is C18H29N3O. The largest absolute Gasteiger partial charge is 0.372 e. The van der Waals surface area contributed by atoms with E-state index < -0.39 is 0 Å². The van der Waals surface area contributed by atoms with Crippen molar-refractivity contribution >= 4 is 11.6 Å². The lowest BCUT2D eigenvalue weighted by atomic mass is 10.1. The molecule has 0 unspecified atom stereocenters. The summed E-state index contributed by atoms with van der Waals surface area (Å²) in [5.41, 5.74) is 1.96. The Bertz CT molecular complexity index is 452. The van der Waals surface area contributed by atoms with Crippen LogP contribution in [0.1, 0.15) is 49.9 Å². The Morgan fingerprint density at radius 1 is 1.23 bits per heavy atom. The van der Waals surface area contributed by atoms with Crippen molar-refractivity contribution in [2.75, 3.05) is 31.1 Å². The number of unbranched alkanes of at least 4 members (excludes halogenated alkanes) is 1. The van der Waals surface area contributed by atoms with Crippen LogP contribution in [-0.4, -0.2) is 38.1 Å². The van der Waals surface area contributed by atoms with Crippen molar-refractivity contribution in [3.63, 3.8) is 0 Å². The third-order valence-electron chi connectivity index (χ3n) is 4.33. The van der Waals surface area contributed by atoms with Gasteiger partial charge in [0.05, 0.1) is 0 Å². The summed E-state index contributed by atoms with van der Waals surface area (Å²) in [7, 11) is 0. The van der Waals surface area contributed by atoms with Crippen LogP contribution in [0, 0.1) is 0 Å². The van der Waals surface area contributed by atoms with Crippen LogP contribution >= 0.6 is 0 Å². The van der Waals surface area contributed by atoms with Crippen molar-refractivity contribution in [1.29, 1.82) is 0 Å². The molecule has 0 saturated carbocycles. The molecule has 1 amide bonds. The minimum absolute atomic E-state index is 0.0510. The van der Waals surface area contributed by atoms with E-state index in [1.54, 1.807) is 0 Å². The summed E-state index contributed by atoms with van der Waals surface area (Å²) in [4.78, 5) is 14.6. The van der Waals surface area contributed by atoms with Crippen molar-refractivity contribution in [3.8, 4) is 0 Å². The highest BCUT2D eigenvalue weighted by Gasteiger charge is 2.16. The Hall–Kier alpha value is -1.55. The van der Waals surface area contributed by atoms with Crippen molar-refractivity contribution in [1.82, 2.24) is 10.6 Å². The summed E-state index contributed by atoms with van der Waals surface area (Å²) in [6, 6.07) is 8.33. The molecule has 1 fully saturated rings. The van der Waals surface area contributed by atoms with E-state index in [9.17, 15) is 4.79 Å². The van der Waals surface area contributed by atoms with Gasteiger partial charge < -0.3 is 15.5 Å². The molecule has 1 aromatic rings. The lowest BCUT2D eigenvalue weighted by Gasteiger charge is -2.24. The number of carbonyl (C=O) groups excluding carboxylic acids is 1. The second kappa shape index (κ2) is 8.79. The van der Waals surface area contributed by atoms with Gasteiger partial charge in [0.2, 0.25) is 0 Å². The monoisotopic (exact) mass is 303 g/mol. The average Bonchev–Trinajstić information content (AvgIpc) is 2.57. The lowest BCUT2D eigenvalue weighted by molar-refractivity contribution is 0.0929. The summed E-state index contributed by atoms with van der Waals surface area (Å²) < 4.78 is 0. The van der Waals surface area contributed by atoms with E-state index in [-0.39, 0.29) is 5.91 Å². The molecule has 1 aromatic carbocycles. The van der Waals surface area contributed by atoms with E-state index in [4.69, 9.17) is 0 Å². The number of nitrogens with one attached hydrogen (secondary N) is 2. The van der Waals surface area contributed by atoms with Crippen LogP contribution in [-0.2, 0) is 0 Å². The highest BCUT2D eigenvalue weighted by atomic mass is 16.1. The zero-order valence-electron chi connectivity index (χ0n) is 13.9. The van der Waals surface area contributed by atoms with Gasteiger partial charge in [-0.2, -0.15) is 0 Å². The van der Waals surface area contributed by atoms with Crippen LogP contribution in [0.5, 0.6) is 0 Å². The average molecular weight is 303 g/mol. The van der Waals surface area contributed by atoms with Crippen LogP contribution in [0.25, 0.3) is 0 Å². The Kier molecular flexibility index (Phi) is 6.72.